The van der Waals surface area contributed by atoms with Crippen molar-refractivity contribution in [2.75, 3.05) is 7.11 Å². The highest BCUT2D eigenvalue weighted by Gasteiger charge is 2.18. The molecule has 7 nitrogen and oxygen atoms in total. The summed E-state index contributed by atoms with van der Waals surface area (Å²) in [6, 6.07) is 9.15. The molecule has 2 aromatic heterocycles. The van der Waals surface area contributed by atoms with Crippen LogP contribution in [-0.4, -0.2) is 26.3 Å². The molecule has 0 radical (unpaired) electrons. The van der Waals surface area contributed by atoms with E-state index in [2.05, 4.69) is 10.2 Å². The molecule has 0 spiro atoms. The quantitative estimate of drug-likeness (QED) is 0.730. The van der Waals surface area contributed by atoms with E-state index in [9.17, 15) is 10.1 Å². The number of aromatic nitrogens is 4. The number of ether oxygens (including phenoxy) is 1. The topological polar surface area (TPSA) is 85.2 Å². The Morgan fingerprint density at radius 2 is 2.05 bits per heavy atom. The summed E-state index contributed by atoms with van der Waals surface area (Å²) in [5, 5.41) is 17.3. The number of nitriles is 1. The van der Waals surface area contributed by atoms with E-state index >= 15 is 0 Å². The van der Waals surface area contributed by atoms with E-state index < -0.39 is 0 Å². The van der Waals surface area contributed by atoms with Crippen molar-refractivity contribution in [2.45, 2.75) is 13.5 Å². The molecule has 2 heterocycles. The van der Waals surface area contributed by atoms with Gasteiger partial charge in [0.15, 0.2) is 0 Å². The van der Waals surface area contributed by atoms with E-state index in [1.54, 1.807) is 35.8 Å². The molecule has 3 aromatic rings. The summed E-state index contributed by atoms with van der Waals surface area (Å²) < 4.78 is 8.22. The van der Waals surface area contributed by atoms with E-state index in [4.69, 9.17) is 4.74 Å². The van der Waals surface area contributed by atoms with Crippen LogP contribution in [0.15, 0.2) is 35.4 Å². The van der Waals surface area contributed by atoms with Crippen molar-refractivity contribution < 1.29 is 4.74 Å². The number of nitrogens with zero attached hydrogens (tertiary/aromatic N) is 5. The van der Waals surface area contributed by atoms with Crippen LogP contribution in [0.1, 0.15) is 12.5 Å². The van der Waals surface area contributed by atoms with Gasteiger partial charge in [-0.05, 0) is 31.2 Å². The van der Waals surface area contributed by atoms with Crippen LogP contribution in [0.25, 0.3) is 17.0 Å². The van der Waals surface area contributed by atoms with Crippen molar-refractivity contribution in [3.8, 4) is 23.1 Å². The minimum absolute atomic E-state index is 0.0688. The molecule has 0 N–H and O–H groups in total. The zero-order valence-corrected chi connectivity index (χ0v) is 12.1. The van der Waals surface area contributed by atoms with E-state index in [0.717, 1.165) is 5.56 Å². The van der Waals surface area contributed by atoms with Crippen molar-refractivity contribution in [2.24, 2.45) is 0 Å². The van der Waals surface area contributed by atoms with Gasteiger partial charge in [-0.25, -0.2) is 0 Å². The molecule has 22 heavy (non-hydrogen) atoms. The first-order valence-corrected chi connectivity index (χ1v) is 6.72. The first-order chi connectivity index (χ1) is 10.7. The number of hydrogen-bond acceptors (Lipinski definition) is 5. The molecule has 0 amide bonds. The van der Waals surface area contributed by atoms with E-state index in [0.29, 0.717) is 23.8 Å². The zero-order chi connectivity index (χ0) is 15.7. The van der Waals surface area contributed by atoms with Gasteiger partial charge in [0.2, 0.25) is 5.78 Å². The van der Waals surface area contributed by atoms with Gasteiger partial charge in [0.1, 0.15) is 23.7 Å². The summed E-state index contributed by atoms with van der Waals surface area (Å²) in [4.78, 5) is 12.5. The molecule has 1 aromatic carbocycles. The maximum atomic E-state index is 12.5. The van der Waals surface area contributed by atoms with Crippen molar-refractivity contribution in [3.63, 3.8) is 0 Å². The Hall–Kier alpha value is -3.14. The molecule has 0 atom stereocenters. The summed E-state index contributed by atoms with van der Waals surface area (Å²) in [5.41, 5.74) is 0.915. The molecule has 0 saturated carbocycles. The van der Waals surface area contributed by atoms with Crippen LogP contribution < -0.4 is 10.3 Å². The number of fused-ring (bicyclic) bond motifs is 1. The SMILES string of the molecule is CCn1c(=O)c(C#N)c(-c2ccc(OC)cc2)n2cnnc12. The van der Waals surface area contributed by atoms with Crippen LogP contribution in [0, 0.1) is 11.3 Å². The van der Waals surface area contributed by atoms with Crippen molar-refractivity contribution in [3.05, 3.63) is 46.5 Å². The van der Waals surface area contributed by atoms with Crippen LogP contribution in [-0.2, 0) is 6.54 Å². The summed E-state index contributed by atoms with van der Waals surface area (Å²) >= 11 is 0. The minimum atomic E-state index is -0.365. The Morgan fingerprint density at radius 3 is 2.64 bits per heavy atom. The average molecular weight is 295 g/mol. The van der Waals surface area contributed by atoms with Crippen molar-refractivity contribution in [1.29, 1.82) is 5.26 Å². The molecule has 0 saturated heterocycles. The van der Waals surface area contributed by atoms with E-state index in [1.165, 1.54) is 10.9 Å². The van der Waals surface area contributed by atoms with Gasteiger partial charge in [0, 0.05) is 12.1 Å². The summed E-state index contributed by atoms with van der Waals surface area (Å²) in [6.07, 6.45) is 1.50. The highest BCUT2D eigenvalue weighted by molar-refractivity contribution is 5.69. The molecular weight excluding hydrogens is 282 g/mol. The largest absolute Gasteiger partial charge is 0.497 e. The Kier molecular flexibility index (Phi) is 3.35. The lowest BCUT2D eigenvalue weighted by Gasteiger charge is -2.11. The van der Waals surface area contributed by atoms with Crippen LogP contribution >= 0.6 is 0 Å². The molecule has 0 fully saturated rings. The van der Waals surface area contributed by atoms with Gasteiger partial charge in [-0.2, -0.15) is 5.26 Å². The number of benzene rings is 1. The van der Waals surface area contributed by atoms with Crippen LogP contribution in [0.2, 0.25) is 0 Å². The third kappa shape index (κ3) is 1.93. The van der Waals surface area contributed by atoms with Crippen molar-refractivity contribution in [1.82, 2.24) is 19.2 Å². The van der Waals surface area contributed by atoms with Crippen LogP contribution in [0.3, 0.4) is 0 Å². The maximum Gasteiger partial charge on any atom is 0.273 e. The lowest BCUT2D eigenvalue weighted by Crippen LogP contribution is -2.25. The third-order valence-electron chi connectivity index (χ3n) is 3.50. The van der Waals surface area contributed by atoms with E-state index in [-0.39, 0.29) is 11.1 Å². The minimum Gasteiger partial charge on any atom is -0.497 e. The molecule has 0 aliphatic carbocycles. The lowest BCUT2D eigenvalue weighted by atomic mass is 10.1. The van der Waals surface area contributed by atoms with Gasteiger partial charge in [0.05, 0.1) is 12.8 Å². The maximum absolute atomic E-state index is 12.5. The van der Waals surface area contributed by atoms with Gasteiger partial charge in [-0.15, -0.1) is 10.2 Å². The second-order valence-corrected chi connectivity index (χ2v) is 4.61. The van der Waals surface area contributed by atoms with E-state index in [1.807, 2.05) is 13.0 Å². The average Bonchev–Trinajstić information content (AvgIpc) is 3.03. The number of rotatable bonds is 3. The van der Waals surface area contributed by atoms with Gasteiger partial charge in [-0.1, -0.05) is 0 Å². The van der Waals surface area contributed by atoms with Crippen LogP contribution in [0.4, 0.5) is 0 Å². The second-order valence-electron chi connectivity index (χ2n) is 4.61. The standard InChI is InChI=1S/C15H13N5O2/c1-3-19-14(21)12(8-16)13(20-9-17-18-15(19)20)10-4-6-11(22-2)7-5-10/h4-7,9H,3H2,1-2H3. The fraction of sp³-hybridized carbons (Fsp3) is 0.200. The molecular formula is C15H13N5O2. The summed E-state index contributed by atoms with van der Waals surface area (Å²) in [7, 11) is 1.58. The first kappa shape index (κ1) is 13.8. The molecule has 7 heteroatoms. The Balaban J connectivity index is 2.40. The van der Waals surface area contributed by atoms with Gasteiger partial charge < -0.3 is 4.74 Å². The van der Waals surface area contributed by atoms with Crippen molar-refractivity contribution >= 4 is 5.78 Å². The highest BCUT2D eigenvalue weighted by atomic mass is 16.5. The third-order valence-corrected chi connectivity index (χ3v) is 3.50. The second kappa shape index (κ2) is 5.33. The van der Waals surface area contributed by atoms with Crippen LogP contribution in [0.5, 0.6) is 5.75 Å². The molecule has 3 rings (SSSR count). The Labute approximate surface area is 126 Å². The normalized spacial score (nSPS) is 10.6. The lowest BCUT2D eigenvalue weighted by molar-refractivity contribution is 0.415. The first-order valence-electron chi connectivity index (χ1n) is 6.72. The Morgan fingerprint density at radius 1 is 1.32 bits per heavy atom. The summed E-state index contributed by atoms with van der Waals surface area (Å²) in [6.45, 7) is 2.24. The predicted octanol–water partition coefficient (Wildman–Crippen LogP) is 1.46. The zero-order valence-electron chi connectivity index (χ0n) is 12.1. The highest BCUT2D eigenvalue weighted by Crippen LogP contribution is 2.24. The molecule has 110 valence electrons. The number of hydrogen-bond donors (Lipinski definition) is 0. The van der Waals surface area contributed by atoms with Gasteiger partial charge in [0.25, 0.3) is 5.56 Å². The monoisotopic (exact) mass is 295 g/mol. The van der Waals surface area contributed by atoms with Gasteiger partial charge in [-0.3, -0.25) is 13.8 Å². The summed E-state index contributed by atoms with van der Waals surface area (Å²) in [5.74, 6) is 1.11. The number of aryl methyl sites for hydroxylation is 1. The molecule has 0 aliphatic heterocycles. The number of methoxy groups -OCH3 is 1. The fourth-order valence-corrected chi connectivity index (χ4v) is 2.44. The molecule has 0 bridgehead atoms. The molecule has 0 unspecified atom stereocenters. The molecule has 0 aliphatic rings. The Bertz CT molecular complexity index is 931. The fourth-order valence-electron chi connectivity index (χ4n) is 2.44. The van der Waals surface area contributed by atoms with Gasteiger partial charge >= 0.3 is 0 Å². The predicted molar refractivity (Wildman–Crippen MR) is 79.6 cm³/mol. The smallest absolute Gasteiger partial charge is 0.273 e.